The van der Waals surface area contributed by atoms with Gasteiger partial charge in [0, 0.05) is 11.1 Å². The summed E-state index contributed by atoms with van der Waals surface area (Å²) >= 11 is 23.6. The summed E-state index contributed by atoms with van der Waals surface area (Å²) in [5.41, 5.74) is 1.33. The van der Waals surface area contributed by atoms with Crippen molar-refractivity contribution >= 4 is 64.1 Å². The maximum absolute atomic E-state index is 13.0. The van der Waals surface area contributed by atoms with Gasteiger partial charge in [0.1, 0.15) is 23.8 Å². The summed E-state index contributed by atoms with van der Waals surface area (Å²) in [6, 6.07) is 16.1. The van der Waals surface area contributed by atoms with Gasteiger partial charge in [0.05, 0.1) is 16.1 Å². The average Bonchev–Trinajstić information content (AvgIpc) is 3.31. The third kappa shape index (κ3) is 4.79. The number of ether oxygens (including phenoxy) is 1. The van der Waals surface area contributed by atoms with Crippen molar-refractivity contribution in [1.82, 2.24) is 10.2 Å². The average molecular weight is 508 g/mol. The first kappa shape index (κ1) is 22.7. The standard InChI is InChI=1S/C23H17Cl3N2O3S/c1-13(14-5-3-2-4-6-14)28-22(29)20(27-23(28)32)11-16-7-8-17(31-16)12-30-21-18(25)9-15(24)10-19(21)26/h2-11,13H,12H2,1H3,(H,27,32)/b20-11-. The van der Waals surface area contributed by atoms with Gasteiger partial charge in [-0.05, 0) is 49.0 Å². The number of carbonyl (C=O) groups excluding carboxylic acids is 1. The van der Waals surface area contributed by atoms with Crippen molar-refractivity contribution in [3.63, 3.8) is 0 Å². The van der Waals surface area contributed by atoms with E-state index < -0.39 is 0 Å². The predicted molar refractivity (Wildman–Crippen MR) is 130 cm³/mol. The van der Waals surface area contributed by atoms with Crippen molar-refractivity contribution in [2.24, 2.45) is 0 Å². The van der Waals surface area contributed by atoms with Crippen LogP contribution in [0.3, 0.4) is 0 Å². The van der Waals surface area contributed by atoms with Crippen LogP contribution in [0.2, 0.25) is 15.1 Å². The summed E-state index contributed by atoms with van der Waals surface area (Å²) in [6.45, 7) is 2.03. The molecule has 0 radical (unpaired) electrons. The van der Waals surface area contributed by atoms with Gasteiger partial charge in [-0.15, -0.1) is 0 Å². The Morgan fingerprint density at radius 2 is 1.81 bits per heavy atom. The first-order valence-corrected chi connectivity index (χ1v) is 11.1. The first-order chi connectivity index (χ1) is 15.3. The Kier molecular flexibility index (Phi) is 6.76. The molecule has 0 spiro atoms. The molecule has 1 atom stereocenters. The Labute approximate surface area is 205 Å². The highest BCUT2D eigenvalue weighted by Gasteiger charge is 2.35. The molecule has 1 aromatic heterocycles. The Hall–Kier alpha value is -2.51. The Bertz CT molecular complexity index is 1190. The lowest BCUT2D eigenvalue weighted by atomic mass is 10.1. The third-order valence-corrected chi connectivity index (χ3v) is 5.95. The number of carbonyl (C=O) groups is 1. The molecule has 0 saturated carbocycles. The number of nitrogens with zero attached hydrogens (tertiary/aromatic N) is 1. The van der Waals surface area contributed by atoms with Crippen LogP contribution in [0, 0.1) is 0 Å². The molecular formula is C23H17Cl3N2O3S. The molecular weight excluding hydrogens is 491 g/mol. The molecule has 0 aliphatic carbocycles. The van der Waals surface area contributed by atoms with E-state index in [9.17, 15) is 4.79 Å². The van der Waals surface area contributed by atoms with Crippen molar-refractivity contribution in [3.05, 3.63) is 92.4 Å². The number of amides is 1. The smallest absolute Gasteiger partial charge is 0.277 e. The SMILES string of the molecule is CC(c1ccccc1)N1C(=O)/C(=C/c2ccc(COc3c(Cl)cc(Cl)cc3Cl)o2)NC1=S. The van der Waals surface area contributed by atoms with Crippen LogP contribution < -0.4 is 10.1 Å². The molecule has 164 valence electrons. The molecule has 9 heteroatoms. The minimum atomic E-state index is -0.222. The molecule has 3 aromatic rings. The van der Waals surface area contributed by atoms with E-state index in [4.69, 9.17) is 56.2 Å². The fraction of sp³-hybridized carbons (Fsp3) is 0.130. The molecule has 5 nitrogen and oxygen atoms in total. The summed E-state index contributed by atoms with van der Waals surface area (Å²) in [7, 11) is 0. The quantitative estimate of drug-likeness (QED) is 0.299. The fourth-order valence-electron chi connectivity index (χ4n) is 3.28. The highest BCUT2D eigenvalue weighted by Crippen LogP contribution is 2.36. The summed E-state index contributed by atoms with van der Waals surface area (Å²) in [6.07, 6.45) is 1.61. The number of nitrogens with one attached hydrogen (secondary N) is 1. The molecule has 1 saturated heterocycles. The fourth-order valence-corrected chi connectivity index (χ4v) is 4.56. The number of hydrogen-bond donors (Lipinski definition) is 1. The normalized spacial score (nSPS) is 15.9. The topological polar surface area (TPSA) is 54.7 Å². The lowest BCUT2D eigenvalue weighted by Gasteiger charge is -2.23. The molecule has 0 bridgehead atoms. The molecule has 1 fully saturated rings. The Balaban J connectivity index is 1.46. The summed E-state index contributed by atoms with van der Waals surface area (Å²) in [5, 5.41) is 4.34. The number of benzene rings is 2. The van der Waals surface area contributed by atoms with E-state index in [2.05, 4.69) is 5.32 Å². The van der Waals surface area contributed by atoms with Crippen molar-refractivity contribution in [2.75, 3.05) is 0 Å². The molecule has 4 rings (SSSR count). The van der Waals surface area contributed by atoms with Crippen LogP contribution in [-0.4, -0.2) is 15.9 Å². The Morgan fingerprint density at radius 1 is 1.12 bits per heavy atom. The predicted octanol–water partition coefficient (Wildman–Crippen LogP) is 6.64. The van der Waals surface area contributed by atoms with Gasteiger partial charge < -0.3 is 14.5 Å². The van der Waals surface area contributed by atoms with Gasteiger partial charge in [0.2, 0.25) is 0 Å². The zero-order valence-corrected chi connectivity index (χ0v) is 19.9. The highest BCUT2D eigenvalue weighted by atomic mass is 35.5. The van der Waals surface area contributed by atoms with Gasteiger partial charge in [-0.1, -0.05) is 65.1 Å². The van der Waals surface area contributed by atoms with E-state index >= 15 is 0 Å². The van der Waals surface area contributed by atoms with E-state index in [0.717, 1.165) is 5.56 Å². The summed E-state index contributed by atoms with van der Waals surface area (Å²) in [5.74, 6) is 1.10. The van der Waals surface area contributed by atoms with Crippen LogP contribution >= 0.6 is 47.0 Å². The molecule has 2 aromatic carbocycles. The molecule has 32 heavy (non-hydrogen) atoms. The van der Waals surface area contributed by atoms with Gasteiger partial charge in [-0.25, -0.2) is 0 Å². The monoisotopic (exact) mass is 506 g/mol. The second kappa shape index (κ2) is 9.55. The van der Waals surface area contributed by atoms with Gasteiger partial charge in [0.25, 0.3) is 5.91 Å². The van der Waals surface area contributed by atoms with Gasteiger partial charge in [0.15, 0.2) is 10.9 Å². The van der Waals surface area contributed by atoms with Crippen molar-refractivity contribution < 1.29 is 13.9 Å². The molecule has 1 amide bonds. The number of thiocarbonyl (C=S) groups is 1. The van der Waals surface area contributed by atoms with Crippen LogP contribution in [-0.2, 0) is 11.4 Å². The maximum atomic E-state index is 13.0. The van der Waals surface area contributed by atoms with Crippen LogP contribution in [0.4, 0.5) is 0 Å². The highest BCUT2D eigenvalue weighted by molar-refractivity contribution is 7.80. The molecule has 1 unspecified atom stereocenters. The van der Waals surface area contributed by atoms with Gasteiger partial charge in [-0.3, -0.25) is 9.69 Å². The lowest BCUT2D eigenvalue weighted by molar-refractivity contribution is -0.123. The van der Waals surface area contributed by atoms with Crippen molar-refractivity contribution in [1.29, 1.82) is 0 Å². The molecule has 1 aliphatic rings. The largest absolute Gasteiger partial charge is 0.483 e. The molecule has 2 heterocycles. The third-order valence-electron chi connectivity index (χ3n) is 4.87. The zero-order valence-electron chi connectivity index (χ0n) is 16.8. The molecule has 1 aliphatic heterocycles. The molecule has 1 N–H and O–H groups in total. The maximum Gasteiger partial charge on any atom is 0.277 e. The van der Waals surface area contributed by atoms with Crippen molar-refractivity contribution in [2.45, 2.75) is 19.6 Å². The number of hydrogen-bond acceptors (Lipinski definition) is 4. The number of halogens is 3. The van der Waals surface area contributed by atoms with Crippen molar-refractivity contribution in [3.8, 4) is 5.75 Å². The van der Waals surface area contributed by atoms with E-state index in [-0.39, 0.29) is 18.6 Å². The van der Waals surface area contributed by atoms with E-state index in [1.165, 1.54) is 0 Å². The summed E-state index contributed by atoms with van der Waals surface area (Å²) in [4.78, 5) is 14.5. The van der Waals surface area contributed by atoms with E-state index in [0.29, 0.717) is 43.1 Å². The zero-order chi connectivity index (χ0) is 22.8. The van der Waals surface area contributed by atoms with Crippen LogP contribution in [0.1, 0.15) is 30.0 Å². The van der Waals surface area contributed by atoms with Gasteiger partial charge in [-0.2, -0.15) is 0 Å². The van der Waals surface area contributed by atoms with E-state index in [1.54, 1.807) is 35.2 Å². The lowest BCUT2D eigenvalue weighted by Crippen LogP contribution is -2.33. The summed E-state index contributed by atoms with van der Waals surface area (Å²) < 4.78 is 11.4. The Morgan fingerprint density at radius 3 is 2.50 bits per heavy atom. The van der Waals surface area contributed by atoms with Crippen LogP contribution in [0.15, 0.2) is 64.7 Å². The second-order valence-electron chi connectivity index (χ2n) is 7.04. The minimum Gasteiger partial charge on any atom is -0.483 e. The number of furan rings is 1. The van der Waals surface area contributed by atoms with Crippen LogP contribution in [0.25, 0.3) is 6.08 Å². The second-order valence-corrected chi connectivity index (χ2v) is 8.68. The first-order valence-electron chi connectivity index (χ1n) is 9.60. The van der Waals surface area contributed by atoms with Crippen LogP contribution in [0.5, 0.6) is 5.75 Å². The number of rotatable bonds is 6. The van der Waals surface area contributed by atoms with E-state index in [1.807, 2.05) is 37.3 Å². The van der Waals surface area contributed by atoms with Gasteiger partial charge >= 0.3 is 0 Å². The minimum absolute atomic E-state index is 0.0984.